The fourth-order valence-corrected chi connectivity index (χ4v) is 2.73. The van der Waals surface area contributed by atoms with Gasteiger partial charge in [-0.3, -0.25) is 0 Å². The van der Waals surface area contributed by atoms with Crippen LogP contribution in [0.4, 0.5) is 11.5 Å². The fraction of sp³-hybridized carbons (Fsp3) is 0.353. The predicted octanol–water partition coefficient (Wildman–Crippen LogP) is 3.74. The highest BCUT2D eigenvalue weighted by atomic mass is 16.5. The number of aromatic nitrogens is 4. The summed E-state index contributed by atoms with van der Waals surface area (Å²) < 4.78 is 9.15. The summed E-state index contributed by atoms with van der Waals surface area (Å²) in [4.78, 5) is 3.63. The lowest BCUT2D eigenvalue weighted by Crippen LogP contribution is -2.09. The van der Waals surface area contributed by atoms with E-state index in [1.165, 1.54) is 0 Å². The van der Waals surface area contributed by atoms with Crippen molar-refractivity contribution in [2.24, 2.45) is 0 Å². The Morgan fingerprint density at radius 2 is 2.12 bits per heavy atom. The van der Waals surface area contributed by atoms with Crippen LogP contribution in [-0.2, 0) is 4.74 Å². The summed E-state index contributed by atoms with van der Waals surface area (Å²) in [5, 5.41) is 12.0. The Morgan fingerprint density at radius 1 is 1.29 bits per heavy atom. The van der Waals surface area contributed by atoms with E-state index >= 15 is 0 Å². The van der Waals surface area contributed by atoms with Gasteiger partial charge < -0.3 is 10.1 Å². The van der Waals surface area contributed by atoms with Crippen molar-refractivity contribution in [3.63, 3.8) is 0 Å². The summed E-state index contributed by atoms with van der Waals surface area (Å²) in [6.07, 6.45) is 5.12. The van der Waals surface area contributed by atoms with Crippen molar-refractivity contribution in [3.05, 3.63) is 42.1 Å². The number of nitrogens with one attached hydrogen (secondary N) is 1. The molecule has 0 saturated carbocycles. The first-order valence-corrected chi connectivity index (χ1v) is 7.97. The van der Waals surface area contributed by atoms with Gasteiger partial charge in [0.15, 0.2) is 0 Å². The molecule has 3 heterocycles. The molecule has 124 valence electrons. The summed E-state index contributed by atoms with van der Waals surface area (Å²) in [6.45, 7) is 14.8. The minimum absolute atomic E-state index is 0.151. The van der Waals surface area contributed by atoms with Gasteiger partial charge in [0.2, 0.25) is 5.69 Å². The van der Waals surface area contributed by atoms with Gasteiger partial charge in [-0.2, -0.15) is 10.2 Å². The molecule has 1 unspecified atom stereocenters. The smallest absolute Gasteiger partial charge is 0.216 e. The average Bonchev–Trinajstić information content (AvgIpc) is 3.22. The Bertz CT molecular complexity index is 888. The Kier molecular flexibility index (Phi) is 4.49. The van der Waals surface area contributed by atoms with Crippen LogP contribution in [0.3, 0.4) is 0 Å². The van der Waals surface area contributed by atoms with Crippen molar-refractivity contribution in [2.45, 2.75) is 27.0 Å². The Hall–Kier alpha value is -2.85. The molecule has 1 atom stereocenters. The van der Waals surface area contributed by atoms with E-state index in [0.717, 1.165) is 29.0 Å². The number of anilines is 1. The van der Waals surface area contributed by atoms with E-state index < -0.39 is 0 Å². The highest BCUT2D eigenvalue weighted by molar-refractivity contribution is 5.91. The van der Waals surface area contributed by atoms with E-state index in [0.29, 0.717) is 12.3 Å². The van der Waals surface area contributed by atoms with Crippen LogP contribution in [0, 0.1) is 6.57 Å². The molecule has 0 radical (unpaired) electrons. The molecule has 1 N–H and O–H groups in total. The zero-order valence-corrected chi connectivity index (χ0v) is 14.0. The van der Waals surface area contributed by atoms with E-state index in [1.807, 2.05) is 43.6 Å². The lowest BCUT2D eigenvalue weighted by molar-refractivity contribution is 0.0160. The maximum atomic E-state index is 7.46. The van der Waals surface area contributed by atoms with E-state index in [2.05, 4.69) is 20.4 Å². The number of ether oxygens (including phenoxy) is 1. The topological polar surface area (TPSA) is 60.7 Å². The zero-order valence-electron chi connectivity index (χ0n) is 14.0. The van der Waals surface area contributed by atoms with Crippen molar-refractivity contribution in [1.82, 2.24) is 19.4 Å². The standard InChI is InChI=1S/C17H20N6O/c1-5-19-16-8-7-15-17(14(18-4)10-21-23(15)16)13-9-20-22(11-13)12(3)24-6-2/h7-12,19H,5-6H2,1-3H3. The van der Waals surface area contributed by atoms with E-state index in [4.69, 9.17) is 11.3 Å². The second kappa shape index (κ2) is 6.72. The molecule has 0 saturated heterocycles. The lowest BCUT2D eigenvalue weighted by Gasteiger charge is -2.11. The van der Waals surface area contributed by atoms with Crippen LogP contribution < -0.4 is 5.32 Å². The molecule has 3 aromatic heterocycles. The van der Waals surface area contributed by atoms with Gasteiger partial charge in [0.05, 0.1) is 24.5 Å². The summed E-state index contributed by atoms with van der Waals surface area (Å²) in [5.41, 5.74) is 3.09. The molecule has 0 aliphatic heterocycles. The molecule has 7 nitrogen and oxygen atoms in total. The minimum atomic E-state index is -0.151. The first kappa shape index (κ1) is 16.0. The van der Waals surface area contributed by atoms with Gasteiger partial charge in [0.1, 0.15) is 12.0 Å². The molecule has 0 aromatic carbocycles. The number of nitrogens with zero attached hydrogens (tertiary/aromatic N) is 5. The van der Waals surface area contributed by atoms with Crippen molar-refractivity contribution in [2.75, 3.05) is 18.5 Å². The maximum Gasteiger partial charge on any atom is 0.216 e. The second-order valence-electron chi connectivity index (χ2n) is 5.33. The maximum absolute atomic E-state index is 7.46. The minimum Gasteiger partial charge on any atom is -0.370 e. The van der Waals surface area contributed by atoms with Crippen molar-refractivity contribution in [1.29, 1.82) is 0 Å². The molecule has 7 heteroatoms. The summed E-state index contributed by atoms with van der Waals surface area (Å²) in [7, 11) is 0. The summed E-state index contributed by atoms with van der Waals surface area (Å²) in [6, 6.07) is 3.94. The third kappa shape index (κ3) is 2.72. The molecule has 0 aliphatic carbocycles. The molecule has 0 fully saturated rings. The quantitative estimate of drug-likeness (QED) is 0.702. The second-order valence-corrected chi connectivity index (χ2v) is 5.33. The molecular formula is C17H20N6O. The van der Waals surface area contributed by atoms with Gasteiger partial charge in [-0.15, -0.1) is 0 Å². The van der Waals surface area contributed by atoms with Gasteiger partial charge in [0, 0.05) is 30.5 Å². The lowest BCUT2D eigenvalue weighted by atomic mass is 10.1. The van der Waals surface area contributed by atoms with Crippen molar-refractivity contribution < 1.29 is 4.74 Å². The monoisotopic (exact) mass is 324 g/mol. The van der Waals surface area contributed by atoms with Crippen LogP contribution >= 0.6 is 0 Å². The Morgan fingerprint density at radius 3 is 2.83 bits per heavy atom. The van der Waals surface area contributed by atoms with Gasteiger partial charge in [0.25, 0.3) is 0 Å². The number of hydrogen-bond acceptors (Lipinski definition) is 4. The van der Waals surface area contributed by atoms with E-state index in [-0.39, 0.29) is 6.23 Å². The molecular weight excluding hydrogens is 304 g/mol. The van der Waals surface area contributed by atoms with Crippen molar-refractivity contribution in [3.8, 4) is 11.1 Å². The number of hydrogen-bond donors (Lipinski definition) is 1. The van der Waals surface area contributed by atoms with E-state index in [9.17, 15) is 0 Å². The molecule has 0 spiro atoms. The Balaban J connectivity index is 2.12. The van der Waals surface area contributed by atoms with E-state index in [1.54, 1.807) is 17.1 Å². The number of fused-ring (bicyclic) bond motifs is 1. The van der Waals surface area contributed by atoms with Gasteiger partial charge in [-0.05, 0) is 32.9 Å². The molecule has 0 bridgehead atoms. The van der Waals surface area contributed by atoms with Crippen LogP contribution in [0.1, 0.15) is 27.0 Å². The fourth-order valence-electron chi connectivity index (χ4n) is 2.73. The van der Waals surface area contributed by atoms with Gasteiger partial charge in [-0.1, -0.05) is 0 Å². The molecule has 0 aliphatic rings. The van der Waals surface area contributed by atoms with Crippen LogP contribution in [0.2, 0.25) is 0 Å². The largest absolute Gasteiger partial charge is 0.370 e. The molecule has 0 amide bonds. The first-order valence-electron chi connectivity index (χ1n) is 7.97. The van der Waals surface area contributed by atoms with Crippen LogP contribution in [-0.4, -0.2) is 32.5 Å². The average molecular weight is 324 g/mol. The zero-order chi connectivity index (χ0) is 17.1. The van der Waals surface area contributed by atoms with Crippen molar-refractivity contribution >= 4 is 17.0 Å². The SMILES string of the molecule is [C-]#[N+]c1cnn2c(NCC)ccc2c1-c1cnn(C(C)OCC)c1. The first-order chi connectivity index (χ1) is 11.7. The Labute approximate surface area is 140 Å². The van der Waals surface area contributed by atoms with Gasteiger partial charge >= 0.3 is 0 Å². The van der Waals surface area contributed by atoms with Gasteiger partial charge in [-0.25, -0.2) is 14.0 Å². The molecule has 24 heavy (non-hydrogen) atoms. The molecule has 3 rings (SSSR count). The summed E-state index contributed by atoms with van der Waals surface area (Å²) in [5.74, 6) is 0.903. The van der Waals surface area contributed by atoms with Crippen LogP contribution in [0.15, 0.2) is 30.7 Å². The highest BCUT2D eigenvalue weighted by Crippen LogP contribution is 2.35. The number of rotatable bonds is 6. The third-order valence-corrected chi connectivity index (χ3v) is 3.81. The van der Waals surface area contributed by atoms with Crippen LogP contribution in [0.5, 0.6) is 0 Å². The normalized spacial score (nSPS) is 12.2. The van der Waals surface area contributed by atoms with Crippen LogP contribution in [0.25, 0.3) is 21.5 Å². The predicted molar refractivity (Wildman–Crippen MR) is 93.2 cm³/mol. The summed E-state index contributed by atoms with van der Waals surface area (Å²) >= 11 is 0. The third-order valence-electron chi connectivity index (χ3n) is 3.81. The molecule has 3 aromatic rings. The highest BCUT2D eigenvalue weighted by Gasteiger charge is 2.16.